The first kappa shape index (κ1) is 15.6. The average Bonchev–Trinajstić information content (AvgIpc) is 2.37. The van der Waals surface area contributed by atoms with E-state index in [1.807, 2.05) is 4.72 Å². The molecule has 0 radical (unpaired) electrons. The van der Waals surface area contributed by atoms with E-state index in [9.17, 15) is 17.6 Å². The molecule has 0 aliphatic rings. The first-order chi connectivity index (χ1) is 8.81. The second kappa shape index (κ2) is 6.12. The van der Waals surface area contributed by atoms with Crippen LogP contribution in [0.25, 0.3) is 0 Å². The fourth-order valence-corrected chi connectivity index (χ4v) is 3.03. The van der Waals surface area contributed by atoms with E-state index in [0.29, 0.717) is 5.56 Å². The molecule has 106 valence electrons. The summed E-state index contributed by atoms with van der Waals surface area (Å²) in [5.74, 6) is -0.962. The molecule has 0 aliphatic carbocycles. The Bertz CT molecular complexity index is 571. The van der Waals surface area contributed by atoms with Gasteiger partial charge in [-0.15, -0.1) is 0 Å². The Balaban J connectivity index is 3.10. The van der Waals surface area contributed by atoms with Gasteiger partial charge in [0.1, 0.15) is 12.7 Å². The maximum atomic E-state index is 12.7. The quantitative estimate of drug-likeness (QED) is 0.824. The first-order valence-electron chi connectivity index (χ1n) is 5.55. The number of methoxy groups -OCH3 is 1. The minimum Gasteiger partial charge on any atom is -0.468 e. The van der Waals surface area contributed by atoms with Crippen LogP contribution in [0, 0.1) is 13.8 Å². The number of nitrogens with one attached hydrogen (secondary N) is 1. The lowest BCUT2D eigenvalue weighted by molar-refractivity contribution is -0.142. The summed E-state index contributed by atoms with van der Waals surface area (Å²) in [5, 5.41) is 0. The summed E-state index contributed by atoms with van der Waals surface area (Å²) in [5.41, 5.74) is 1.27. The molecule has 1 N–H and O–H groups in total. The number of ether oxygens (including phenoxy) is 1. The van der Waals surface area contributed by atoms with Crippen LogP contribution in [0.4, 0.5) is 4.39 Å². The van der Waals surface area contributed by atoms with Crippen LogP contribution in [0.1, 0.15) is 11.1 Å². The second-order valence-corrected chi connectivity index (χ2v) is 5.80. The number of aryl methyl sites for hydroxylation is 2. The number of esters is 1. The molecule has 5 nitrogen and oxygen atoms in total. The number of hydrogen-bond donors (Lipinski definition) is 1. The molecule has 1 aromatic carbocycles. The van der Waals surface area contributed by atoms with Crippen LogP contribution in [0.5, 0.6) is 0 Å². The molecular formula is C12H16FNO4S. The van der Waals surface area contributed by atoms with E-state index in [1.165, 1.54) is 6.07 Å². The van der Waals surface area contributed by atoms with E-state index in [0.717, 1.165) is 12.7 Å². The molecule has 0 amide bonds. The Morgan fingerprint density at radius 2 is 2.05 bits per heavy atom. The Kier molecular flexibility index (Phi) is 5.02. The first-order valence-corrected chi connectivity index (χ1v) is 7.03. The number of halogens is 1. The monoisotopic (exact) mass is 289 g/mol. The van der Waals surface area contributed by atoms with Crippen molar-refractivity contribution in [1.82, 2.24) is 4.72 Å². The molecule has 0 heterocycles. The number of rotatable bonds is 5. The van der Waals surface area contributed by atoms with Crippen molar-refractivity contribution in [3.05, 3.63) is 29.3 Å². The third-order valence-corrected chi connectivity index (χ3v) is 4.18. The van der Waals surface area contributed by atoms with Crippen molar-refractivity contribution in [2.75, 3.05) is 13.8 Å². The molecule has 1 aromatic rings. The highest BCUT2D eigenvalue weighted by Crippen LogP contribution is 2.17. The van der Waals surface area contributed by atoms with Gasteiger partial charge in [0.05, 0.1) is 12.0 Å². The van der Waals surface area contributed by atoms with Gasteiger partial charge >= 0.3 is 5.97 Å². The predicted octanol–water partition coefficient (Wildman–Crippen LogP) is 1.09. The van der Waals surface area contributed by atoms with Crippen LogP contribution < -0.4 is 4.72 Å². The van der Waals surface area contributed by atoms with Crippen LogP contribution in [0.3, 0.4) is 0 Å². The number of carbonyl (C=O) groups is 1. The van der Waals surface area contributed by atoms with Gasteiger partial charge in [-0.25, -0.2) is 12.8 Å². The molecule has 0 bridgehead atoms. The van der Waals surface area contributed by atoms with E-state index >= 15 is 0 Å². The van der Waals surface area contributed by atoms with Crippen LogP contribution in [-0.4, -0.2) is 34.2 Å². The number of carbonyl (C=O) groups excluding carboxylic acids is 1. The highest BCUT2D eigenvalue weighted by Gasteiger charge is 2.27. The van der Waals surface area contributed by atoms with Crippen LogP contribution >= 0.6 is 0 Å². The van der Waals surface area contributed by atoms with Gasteiger partial charge < -0.3 is 4.74 Å². The largest absolute Gasteiger partial charge is 0.468 e. The maximum absolute atomic E-state index is 12.7. The number of sulfonamides is 1. The summed E-state index contributed by atoms with van der Waals surface area (Å²) < 4.78 is 43.2. The minimum absolute atomic E-state index is 0.0230. The Labute approximate surface area is 111 Å². The second-order valence-electron chi connectivity index (χ2n) is 4.12. The maximum Gasteiger partial charge on any atom is 0.326 e. The standard InChI is InChI=1S/C12H16FNO4S/c1-8-4-5-9(2)11(6-8)19(16,17)14-10(7-13)12(15)18-3/h4-6,10,14H,7H2,1-3H3. The van der Waals surface area contributed by atoms with Crippen molar-refractivity contribution in [2.45, 2.75) is 24.8 Å². The molecule has 0 aromatic heterocycles. The van der Waals surface area contributed by atoms with Crippen molar-refractivity contribution in [2.24, 2.45) is 0 Å². The molecule has 0 saturated heterocycles. The van der Waals surface area contributed by atoms with Gasteiger partial charge in [-0.3, -0.25) is 4.79 Å². The molecule has 0 saturated carbocycles. The van der Waals surface area contributed by atoms with Gasteiger partial charge in [-0.2, -0.15) is 4.72 Å². The third-order valence-electron chi connectivity index (χ3n) is 2.57. The number of benzene rings is 1. The Morgan fingerprint density at radius 3 is 2.58 bits per heavy atom. The molecule has 1 rings (SSSR count). The molecule has 0 fully saturated rings. The lowest BCUT2D eigenvalue weighted by atomic mass is 10.2. The molecule has 19 heavy (non-hydrogen) atoms. The zero-order valence-corrected chi connectivity index (χ0v) is 11.8. The van der Waals surface area contributed by atoms with Crippen molar-refractivity contribution < 1.29 is 22.3 Å². The summed E-state index contributed by atoms with van der Waals surface area (Å²) in [7, 11) is -2.90. The third kappa shape index (κ3) is 3.74. The van der Waals surface area contributed by atoms with Crippen molar-refractivity contribution in [3.63, 3.8) is 0 Å². The van der Waals surface area contributed by atoms with E-state index < -0.39 is 28.7 Å². The van der Waals surface area contributed by atoms with E-state index in [-0.39, 0.29) is 4.90 Å². The van der Waals surface area contributed by atoms with Crippen LogP contribution in [0.15, 0.2) is 23.1 Å². The minimum atomic E-state index is -3.97. The normalized spacial score (nSPS) is 13.1. The highest BCUT2D eigenvalue weighted by molar-refractivity contribution is 7.89. The van der Waals surface area contributed by atoms with Crippen LogP contribution in [-0.2, 0) is 19.6 Å². The van der Waals surface area contributed by atoms with Gasteiger partial charge in [-0.05, 0) is 31.0 Å². The zero-order valence-electron chi connectivity index (χ0n) is 10.9. The van der Waals surface area contributed by atoms with Crippen LogP contribution in [0.2, 0.25) is 0 Å². The molecule has 0 aliphatic heterocycles. The highest BCUT2D eigenvalue weighted by atomic mass is 32.2. The lowest BCUT2D eigenvalue weighted by Crippen LogP contribution is -2.43. The Morgan fingerprint density at radius 1 is 1.42 bits per heavy atom. The zero-order chi connectivity index (χ0) is 14.6. The van der Waals surface area contributed by atoms with Gasteiger partial charge in [0.15, 0.2) is 0 Å². The molecule has 1 unspecified atom stereocenters. The van der Waals surface area contributed by atoms with E-state index in [1.54, 1.807) is 26.0 Å². The average molecular weight is 289 g/mol. The molecule has 7 heteroatoms. The van der Waals surface area contributed by atoms with Gasteiger partial charge in [0.25, 0.3) is 0 Å². The van der Waals surface area contributed by atoms with Gasteiger partial charge in [0.2, 0.25) is 10.0 Å². The Hall–Kier alpha value is -1.47. The molecular weight excluding hydrogens is 273 g/mol. The summed E-state index contributed by atoms with van der Waals surface area (Å²) >= 11 is 0. The lowest BCUT2D eigenvalue weighted by Gasteiger charge is -2.15. The number of alkyl halides is 1. The fraction of sp³-hybridized carbons (Fsp3) is 0.417. The van der Waals surface area contributed by atoms with Crippen molar-refractivity contribution >= 4 is 16.0 Å². The summed E-state index contributed by atoms with van der Waals surface area (Å²) in [4.78, 5) is 11.2. The summed E-state index contributed by atoms with van der Waals surface area (Å²) in [6.07, 6.45) is 0. The van der Waals surface area contributed by atoms with Crippen molar-refractivity contribution in [1.29, 1.82) is 0 Å². The smallest absolute Gasteiger partial charge is 0.326 e. The summed E-state index contributed by atoms with van der Waals surface area (Å²) in [6.45, 7) is 2.19. The van der Waals surface area contributed by atoms with Gasteiger partial charge in [0, 0.05) is 0 Å². The molecule has 0 spiro atoms. The van der Waals surface area contributed by atoms with Crippen molar-refractivity contribution in [3.8, 4) is 0 Å². The summed E-state index contributed by atoms with van der Waals surface area (Å²) in [6, 6.07) is 3.34. The fourth-order valence-electron chi connectivity index (χ4n) is 1.53. The predicted molar refractivity (Wildman–Crippen MR) is 68.0 cm³/mol. The van der Waals surface area contributed by atoms with Gasteiger partial charge in [-0.1, -0.05) is 12.1 Å². The topological polar surface area (TPSA) is 72.5 Å². The van der Waals surface area contributed by atoms with E-state index in [2.05, 4.69) is 4.74 Å². The SMILES string of the molecule is COC(=O)C(CF)NS(=O)(=O)c1cc(C)ccc1C. The number of hydrogen-bond acceptors (Lipinski definition) is 4. The van der Waals surface area contributed by atoms with E-state index in [4.69, 9.17) is 0 Å². The molecule has 1 atom stereocenters.